The number of sulfonamides is 1. The summed E-state index contributed by atoms with van der Waals surface area (Å²) in [7, 11) is -3.93. The van der Waals surface area contributed by atoms with Gasteiger partial charge in [-0.15, -0.1) is 11.3 Å². The molecule has 2 N–H and O–H groups in total. The highest BCUT2D eigenvalue weighted by molar-refractivity contribution is 7.93. The number of aryl methyl sites for hydroxylation is 3. The van der Waals surface area contributed by atoms with E-state index in [-0.39, 0.29) is 9.77 Å². The van der Waals surface area contributed by atoms with E-state index < -0.39 is 16.0 Å². The van der Waals surface area contributed by atoms with Crippen molar-refractivity contribution < 1.29 is 18.3 Å². The fraction of sp³-hybridized carbons (Fsp3) is 0.214. The van der Waals surface area contributed by atoms with Crippen LogP contribution in [0.5, 0.6) is 0 Å². The quantitative estimate of drug-likeness (QED) is 0.904. The Hall–Kier alpha value is -1.86. The number of aromatic carboxylic acids is 1. The maximum absolute atomic E-state index is 12.4. The Labute approximate surface area is 127 Å². The fourth-order valence-electron chi connectivity index (χ4n) is 1.93. The van der Waals surface area contributed by atoms with Gasteiger partial charge in [0.2, 0.25) is 0 Å². The van der Waals surface area contributed by atoms with Gasteiger partial charge in [-0.3, -0.25) is 4.72 Å². The first kappa shape index (κ1) is 15.5. The van der Waals surface area contributed by atoms with Crippen LogP contribution in [0.25, 0.3) is 0 Å². The summed E-state index contributed by atoms with van der Waals surface area (Å²) in [5.74, 6) is -1.24. The van der Waals surface area contributed by atoms with E-state index in [0.29, 0.717) is 11.3 Å². The first-order chi connectivity index (χ1) is 9.72. The van der Waals surface area contributed by atoms with Crippen molar-refractivity contribution in [1.29, 1.82) is 0 Å². The van der Waals surface area contributed by atoms with Crippen molar-refractivity contribution >= 4 is 33.0 Å². The Balaban J connectivity index is 2.45. The van der Waals surface area contributed by atoms with Crippen LogP contribution in [0, 0.1) is 20.8 Å². The van der Waals surface area contributed by atoms with Crippen LogP contribution in [0.15, 0.2) is 28.5 Å². The minimum Gasteiger partial charge on any atom is -0.477 e. The summed E-state index contributed by atoms with van der Waals surface area (Å²) in [5.41, 5.74) is 2.85. The Morgan fingerprint density at radius 3 is 2.38 bits per heavy atom. The maximum atomic E-state index is 12.4. The van der Waals surface area contributed by atoms with Gasteiger partial charge in [0.05, 0.1) is 0 Å². The molecule has 0 amide bonds. The number of rotatable bonds is 4. The topological polar surface area (TPSA) is 83.5 Å². The number of anilines is 1. The van der Waals surface area contributed by atoms with Gasteiger partial charge >= 0.3 is 5.97 Å². The van der Waals surface area contributed by atoms with Crippen molar-refractivity contribution in [2.75, 3.05) is 4.72 Å². The molecule has 1 heterocycles. The van der Waals surface area contributed by atoms with Crippen LogP contribution in [0.2, 0.25) is 0 Å². The molecule has 0 radical (unpaired) electrons. The van der Waals surface area contributed by atoms with Crippen molar-refractivity contribution in [1.82, 2.24) is 0 Å². The molecule has 2 rings (SSSR count). The minimum atomic E-state index is -3.93. The van der Waals surface area contributed by atoms with Crippen LogP contribution in [-0.2, 0) is 10.0 Å². The van der Waals surface area contributed by atoms with Gasteiger partial charge in [-0.25, -0.2) is 13.2 Å². The van der Waals surface area contributed by atoms with Gasteiger partial charge in [0, 0.05) is 5.69 Å². The van der Waals surface area contributed by atoms with Crippen molar-refractivity contribution in [3.63, 3.8) is 0 Å². The minimum absolute atomic E-state index is 0.168. The molecule has 1 aromatic carbocycles. The predicted molar refractivity (Wildman–Crippen MR) is 82.7 cm³/mol. The number of thiophene rings is 1. The molecule has 0 saturated carbocycles. The smallest absolute Gasteiger partial charge is 0.347 e. The second-order valence-electron chi connectivity index (χ2n) is 4.79. The summed E-state index contributed by atoms with van der Waals surface area (Å²) in [6, 6.07) is 5.18. The third kappa shape index (κ3) is 3.08. The van der Waals surface area contributed by atoms with Crippen LogP contribution in [0.4, 0.5) is 5.69 Å². The van der Waals surface area contributed by atoms with Gasteiger partial charge in [-0.2, -0.15) is 0 Å². The van der Waals surface area contributed by atoms with E-state index in [4.69, 9.17) is 5.11 Å². The number of carbonyl (C=O) groups is 1. The van der Waals surface area contributed by atoms with Crippen LogP contribution in [0.1, 0.15) is 26.4 Å². The predicted octanol–water partition coefficient (Wildman–Crippen LogP) is 3.17. The first-order valence-electron chi connectivity index (χ1n) is 6.14. The lowest BCUT2D eigenvalue weighted by Gasteiger charge is -2.10. The van der Waals surface area contributed by atoms with E-state index in [2.05, 4.69) is 4.72 Å². The number of carboxylic acid groups (broad SMARTS) is 1. The third-order valence-corrected chi connectivity index (χ3v) is 5.92. The van der Waals surface area contributed by atoms with E-state index >= 15 is 0 Å². The van der Waals surface area contributed by atoms with Crippen LogP contribution >= 0.6 is 11.3 Å². The normalized spacial score (nSPS) is 11.4. The Morgan fingerprint density at radius 1 is 1.14 bits per heavy atom. The van der Waals surface area contributed by atoms with E-state index in [0.717, 1.165) is 22.5 Å². The van der Waals surface area contributed by atoms with Gasteiger partial charge in [0.1, 0.15) is 9.77 Å². The van der Waals surface area contributed by atoms with Crippen molar-refractivity contribution in [3.05, 3.63) is 45.1 Å². The number of benzene rings is 1. The molecule has 2 aromatic rings. The highest BCUT2D eigenvalue weighted by Crippen LogP contribution is 2.29. The molecular formula is C14H15NO4S2. The molecule has 7 heteroatoms. The van der Waals surface area contributed by atoms with E-state index in [1.807, 2.05) is 19.9 Å². The summed E-state index contributed by atoms with van der Waals surface area (Å²) in [6.45, 7) is 5.39. The summed E-state index contributed by atoms with van der Waals surface area (Å²) < 4.78 is 27.3. The third-order valence-electron chi connectivity index (χ3n) is 3.14. The fourth-order valence-corrected chi connectivity index (χ4v) is 4.61. The Bertz CT molecular complexity index is 806. The number of hydrogen-bond donors (Lipinski definition) is 2. The monoisotopic (exact) mass is 325 g/mol. The summed E-state index contributed by atoms with van der Waals surface area (Å²) in [4.78, 5) is 10.8. The zero-order chi connectivity index (χ0) is 15.8. The van der Waals surface area contributed by atoms with E-state index in [1.165, 1.54) is 5.38 Å². The zero-order valence-corrected chi connectivity index (χ0v) is 13.4. The first-order valence-corrected chi connectivity index (χ1v) is 8.50. The van der Waals surface area contributed by atoms with Crippen LogP contribution < -0.4 is 4.72 Å². The standard InChI is InChI=1S/C14H15NO4S2/c1-8-4-5-11(6-9(8)2)15-21(18,19)13-10(3)7-20-12(13)14(16)17/h4-7,15H,1-3H3,(H,16,17). The second kappa shape index (κ2) is 5.50. The molecule has 1 aromatic heterocycles. The molecule has 0 aliphatic rings. The molecule has 0 atom stereocenters. The molecular weight excluding hydrogens is 310 g/mol. The highest BCUT2D eigenvalue weighted by Gasteiger charge is 2.26. The van der Waals surface area contributed by atoms with Crippen LogP contribution in [0.3, 0.4) is 0 Å². The number of carboxylic acids is 1. The van der Waals surface area contributed by atoms with Gasteiger partial charge in [-0.05, 0) is 55.0 Å². The zero-order valence-electron chi connectivity index (χ0n) is 11.8. The van der Waals surface area contributed by atoms with E-state index in [9.17, 15) is 13.2 Å². The lowest BCUT2D eigenvalue weighted by Crippen LogP contribution is -2.16. The number of hydrogen-bond acceptors (Lipinski definition) is 4. The molecule has 0 spiro atoms. The van der Waals surface area contributed by atoms with Gasteiger partial charge in [-0.1, -0.05) is 6.07 Å². The van der Waals surface area contributed by atoms with Crippen LogP contribution in [-0.4, -0.2) is 19.5 Å². The molecule has 0 aliphatic carbocycles. The van der Waals surface area contributed by atoms with Crippen molar-refractivity contribution in [3.8, 4) is 0 Å². The second-order valence-corrected chi connectivity index (χ2v) is 7.29. The Kier molecular flexibility index (Phi) is 4.06. The molecule has 0 fully saturated rings. The SMILES string of the molecule is Cc1ccc(NS(=O)(=O)c2c(C)csc2C(=O)O)cc1C. The lowest BCUT2D eigenvalue weighted by molar-refractivity contribution is 0.0698. The molecule has 0 unspecified atom stereocenters. The molecule has 5 nitrogen and oxygen atoms in total. The Morgan fingerprint density at radius 2 is 1.81 bits per heavy atom. The maximum Gasteiger partial charge on any atom is 0.347 e. The number of nitrogens with one attached hydrogen (secondary N) is 1. The van der Waals surface area contributed by atoms with Gasteiger partial charge in [0.25, 0.3) is 10.0 Å². The average Bonchev–Trinajstić information content (AvgIpc) is 2.76. The molecule has 112 valence electrons. The van der Waals surface area contributed by atoms with Gasteiger partial charge in [0.15, 0.2) is 0 Å². The average molecular weight is 325 g/mol. The van der Waals surface area contributed by atoms with Crippen molar-refractivity contribution in [2.24, 2.45) is 0 Å². The summed E-state index contributed by atoms with van der Waals surface area (Å²) in [6.07, 6.45) is 0. The van der Waals surface area contributed by atoms with Crippen molar-refractivity contribution in [2.45, 2.75) is 25.7 Å². The largest absolute Gasteiger partial charge is 0.477 e. The molecule has 0 bridgehead atoms. The van der Waals surface area contributed by atoms with Gasteiger partial charge < -0.3 is 5.11 Å². The summed E-state index contributed by atoms with van der Waals surface area (Å²) >= 11 is 0.909. The molecule has 21 heavy (non-hydrogen) atoms. The summed E-state index contributed by atoms with van der Waals surface area (Å²) in [5, 5.41) is 10.6. The van der Waals surface area contributed by atoms with E-state index in [1.54, 1.807) is 19.1 Å². The highest BCUT2D eigenvalue weighted by atomic mass is 32.2. The molecule has 0 saturated heterocycles. The lowest BCUT2D eigenvalue weighted by atomic mass is 10.1. The molecule has 0 aliphatic heterocycles.